The molecule has 9 heteroatoms. The Morgan fingerprint density at radius 2 is 2.22 bits per heavy atom. The van der Waals surface area contributed by atoms with Crippen LogP contribution in [-0.4, -0.2) is 21.9 Å². The maximum absolute atomic E-state index is 12.0. The third-order valence-electron chi connectivity index (χ3n) is 3.30. The van der Waals surface area contributed by atoms with E-state index in [1.807, 2.05) is 0 Å². The molecule has 0 aliphatic carbocycles. The van der Waals surface area contributed by atoms with Crippen LogP contribution in [0.3, 0.4) is 0 Å². The van der Waals surface area contributed by atoms with Crippen LogP contribution in [0.15, 0.2) is 38.9 Å². The monoisotopic (exact) mass is 394 g/mol. The summed E-state index contributed by atoms with van der Waals surface area (Å²) in [4.78, 5) is 31.5. The molecule has 0 aliphatic heterocycles. The van der Waals surface area contributed by atoms with E-state index in [9.17, 15) is 14.9 Å². The Bertz CT molecular complexity index is 953. The Morgan fingerprint density at radius 3 is 2.96 bits per heavy atom. The third kappa shape index (κ3) is 3.10. The number of rotatable bonds is 4. The largest absolute Gasteiger partial charge is 0.362 e. The Labute approximate surface area is 142 Å². The minimum absolute atomic E-state index is 0.0131. The molecular formula is C14H11BrN4O3S. The van der Waals surface area contributed by atoms with E-state index in [2.05, 4.69) is 25.9 Å². The standard InChI is InChI=1S/C14H11BrN4O3S/c1-18(10-3-2-8(15)6-11(10)19(21)22)7-12-16-9-4-5-23-13(9)14(20)17-12/h2-6H,7H2,1H3,(H,16,17,20). The number of hydrogen-bond acceptors (Lipinski definition) is 6. The van der Waals surface area contributed by atoms with Crippen molar-refractivity contribution in [3.63, 3.8) is 0 Å². The number of aromatic nitrogens is 2. The molecule has 3 rings (SSSR count). The highest BCUT2D eigenvalue weighted by Crippen LogP contribution is 2.31. The van der Waals surface area contributed by atoms with Crippen molar-refractivity contribution < 1.29 is 4.92 Å². The number of hydrogen-bond donors (Lipinski definition) is 1. The van der Waals surface area contributed by atoms with Crippen LogP contribution in [-0.2, 0) is 6.54 Å². The predicted octanol–water partition coefficient (Wildman–Crippen LogP) is 3.29. The van der Waals surface area contributed by atoms with E-state index in [1.165, 1.54) is 17.4 Å². The van der Waals surface area contributed by atoms with Crippen molar-refractivity contribution in [1.82, 2.24) is 9.97 Å². The lowest BCUT2D eigenvalue weighted by molar-refractivity contribution is -0.384. The van der Waals surface area contributed by atoms with Gasteiger partial charge in [0.25, 0.3) is 11.2 Å². The molecule has 0 amide bonds. The molecule has 3 aromatic rings. The Kier molecular flexibility index (Phi) is 4.14. The molecule has 0 fully saturated rings. The summed E-state index contributed by atoms with van der Waals surface area (Å²) in [6, 6.07) is 6.62. The highest BCUT2D eigenvalue weighted by atomic mass is 79.9. The molecule has 7 nitrogen and oxygen atoms in total. The smallest absolute Gasteiger partial charge is 0.293 e. The molecular weight excluding hydrogens is 384 g/mol. The molecule has 0 spiro atoms. The van der Waals surface area contributed by atoms with E-state index >= 15 is 0 Å². The zero-order valence-corrected chi connectivity index (χ0v) is 14.3. The number of H-pyrrole nitrogens is 1. The minimum Gasteiger partial charge on any atom is -0.362 e. The molecule has 118 valence electrons. The van der Waals surface area contributed by atoms with Gasteiger partial charge in [-0.15, -0.1) is 11.3 Å². The van der Waals surface area contributed by atoms with E-state index < -0.39 is 4.92 Å². The van der Waals surface area contributed by atoms with Crippen molar-refractivity contribution in [2.24, 2.45) is 0 Å². The Morgan fingerprint density at radius 1 is 1.43 bits per heavy atom. The summed E-state index contributed by atoms with van der Waals surface area (Å²) >= 11 is 4.56. The number of nitro groups is 1. The number of anilines is 1. The molecule has 0 aliphatic rings. The molecule has 0 unspecified atom stereocenters. The molecule has 23 heavy (non-hydrogen) atoms. The lowest BCUT2D eigenvalue weighted by atomic mass is 10.2. The minimum atomic E-state index is -0.436. The molecule has 1 N–H and O–H groups in total. The first-order valence-electron chi connectivity index (χ1n) is 6.57. The van der Waals surface area contributed by atoms with E-state index in [-0.39, 0.29) is 17.8 Å². The SMILES string of the molecule is CN(Cc1nc2ccsc2c(=O)[nH]1)c1ccc(Br)cc1[N+](=O)[O-]. The molecule has 0 saturated carbocycles. The van der Waals surface area contributed by atoms with Crippen molar-refractivity contribution in [2.45, 2.75) is 6.54 Å². The fourth-order valence-corrected chi connectivity index (χ4v) is 3.35. The van der Waals surface area contributed by atoms with Crippen molar-refractivity contribution in [2.75, 3.05) is 11.9 Å². The number of aromatic amines is 1. The van der Waals surface area contributed by atoms with Crippen LogP contribution >= 0.6 is 27.3 Å². The molecule has 0 radical (unpaired) electrons. The second-order valence-corrected chi connectivity index (χ2v) is 6.73. The van der Waals surface area contributed by atoms with Gasteiger partial charge < -0.3 is 9.88 Å². The van der Waals surface area contributed by atoms with Gasteiger partial charge in [-0.25, -0.2) is 4.98 Å². The van der Waals surface area contributed by atoms with Crippen molar-refractivity contribution in [3.05, 3.63) is 60.4 Å². The number of nitrogens with zero attached hydrogens (tertiary/aromatic N) is 3. The topological polar surface area (TPSA) is 92.1 Å². The van der Waals surface area contributed by atoms with Gasteiger partial charge in [-0.2, -0.15) is 0 Å². The second kappa shape index (κ2) is 6.09. The molecule has 1 aromatic carbocycles. The van der Waals surface area contributed by atoms with Gasteiger partial charge in [0.05, 0.1) is 17.0 Å². The summed E-state index contributed by atoms with van der Waals surface area (Å²) < 4.78 is 1.21. The fraction of sp³-hybridized carbons (Fsp3) is 0.143. The van der Waals surface area contributed by atoms with Gasteiger partial charge in [-0.1, -0.05) is 15.9 Å². The summed E-state index contributed by atoms with van der Waals surface area (Å²) in [6.07, 6.45) is 0. The zero-order chi connectivity index (χ0) is 16.6. The van der Waals surface area contributed by atoms with Gasteiger partial charge in [-0.3, -0.25) is 14.9 Å². The van der Waals surface area contributed by atoms with Crippen LogP contribution in [0.1, 0.15) is 5.82 Å². The van der Waals surface area contributed by atoms with Crippen LogP contribution in [0.2, 0.25) is 0 Å². The first kappa shape index (κ1) is 15.6. The van der Waals surface area contributed by atoms with Crippen LogP contribution in [0.4, 0.5) is 11.4 Å². The lowest BCUT2D eigenvalue weighted by Gasteiger charge is -2.18. The Hall–Kier alpha value is -2.26. The van der Waals surface area contributed by atoms with Crippen molar-refractivity contribution in [1.29, 1.82) is 0 Å². The van der Waals surface area contributed by atoms with Gasteiger partial charge in [0, 0.05) is 17.6 Å². The molecule has 0 bridgehead atoms. The summed E-state index contributed by atoms with van der Waals surface area (Å²) in [5.74, 6) is 0.459. The van der Waals surface area contributed by atoms with Gasteiger partial charge in [0.15, 0.2) is 0 Å². The number of benzene rings is 1. The molecule has 2 aromatic heterocycles. The molecule has 0 saturated heterocycles. The van der Waals surface area contributed by atoms with E-state index in [4.69, 9.17) is 0 Å². The van der Waals surface area contributed by atoms with Gasteiger partial charge >= 0.3 is 0 Å². The highest BCUT2D eigenvalue weighted by Gasteiger charge is 2.18. The average molecular weight is 395 g/mol. The van der Waals surface area contributed by atoms with Crippen molar-refractivity contribution >= 4 is 48.9 Å². The number of nitrogens with one attached hydrogen (secondary N) is 1. The van der Waals surface area contributed by atoms with E-state index in [0.717, 1.165) is 0 Å². The maximum atomic E-state index is 12.0. The van der Waals surface area contributed by atoms with Crippen molar-refractivity contribution in [3.8, 4) is 0 Å². The average Bonchev–Trinajstić information content (AvgIpc) is 2.95. The summed E-state index contributed by atoms with van der Waals surface area (Å²) in [5, 5.41) is 13.0. The zero-order valence-electron chi connectivity index (χ0n) is 11.9. The van der Waals surface area contributed by atoms with Gasteiger partial charge in [0.2, 0.25) is 0 Å². The summed E-state index contributed by atoms with van der Waals surface area (Å²) in [6.45, 7) is 0.253. The normalized spacial score (nSPS) is 10.9. The highest BCUT2D eigenvalue weighted by molar-refractivity contribution is 9.10. The van der Waals surface area contributed by atoms with Crippen LogP contribution in [0.5, 0.6) is 0 Å². The summed E-state index contributed by atoms with van der Waals surface area (Å²) in [7, 11) is 1.72. The number of thiophene rings is 1. The fourth-order valence-electron chi connectivity index (χ4n) is 2.27. The molecule has 0 atom stereocenters. The first-order valence-corrected chi connectivity index (χ1v) is 8.24. The second-order valence-electron chi connectivity index (χ2n) is 4.89. The first-order chi connectivity index (χ1) is 11.0. The van der Waals surface area contributed by atoms with Crippen LogP contribution in [0, 0.1) is 10.1 Å². The quantitative estimate of drug-likeness (QED) is 0.541. The third-order valence-corrected chi connectivity index (χ3v) is 4.69. The summed E-state index contributed by atoms with van der Waals surface area (Å²) in [5.41, 5.74) is 0.873. The number of halogens is 1. The van der Waals surface area contributed by atoms with Gasteiger partial charge in [0.1, 0.15) is 16.2 Å². The molecule has 2 heterocycles. The maximum Gasteiger partial charge on any atom is 0.293 e. The van der Waals surface area contributed by atoms with Crippen LogP contribution in [0.25, 0.3) is 10.2 Å². The lowest BCUT2D eigenvalue weighted by Crippen LogP contribution is -2.22. The Balaban J connectivity index is 1.96. The van der Waals surface area contributed by atoms with Gasteiger partial charge in [-0.05, 0) is 23.6 Å². The van der Waals surface area contributed by atoms with E-state index in [1.54, 1.807) is 35.5 Å². The number of fused-ring (bicyclic) bond motifs is 1. The van der Waals surface area contributed by atoms with E-state index in [0.29, 0.717) is 26.2 Å². The predicted molar refractivity (Wildman–Crippen MR) is 93.1 cm³/mol. The van der Waals surface area contributed by atoms with Crippen LogP contribution < -0.4 is 10.5 Å². The number of nitro benzene ring substituents is 1.